The van der Waals surface area contributed by atoms with Gasteiger partial charge in [-0.05, 0) is 31.9 Å². The molecule has 23 heavy (non-hydrogen) atoms. The fourth-order valence-electron chi connectivity index (χ4n) is 3.70. The lowest BCUT2D eigenvalue weighted by atomic mass is 9.85. The van der Waals surface area contributed by atoms with Crippen LogP contribution < -0.4 is 0 Å². The van der Waals surface area contributed by atoms with Crippen LogP contribution in [0, 0.1) is 5.92 Å². The molecule has 1 fully saturated rings. The molecule has 1 amide bonds. The minimum Gasteiger partial charge on any atom is -0.343 e. The number of rotatable bonds is 1. The van der Waals surface area contributed by atoms with Crippen LogP contribution in [0.5, 0.6) is 0 Å². The third-order valence-corrected chi connectivity index (χ3v) is 5.38. The summed E-state index contributed by atoms with van der Waals surface area (Å²) in [6.45, 7) is 3.57. The molecule has 1 atom stereocenters. The average molecular weight is 334 g/mol. The standard InChI is InChI=1S/C16H20ClN5O/c1-21-4-6-22(7-5-21)16(23)10-2-3-12-11(8-10)13-14(17)18-9-19-15(13)20-12/h9-10H,2-8H2,1H3,(H,18,19,20). The zero-order chi connectivity index (χ0) is 16.0. The normalized spacial score (nSPS) is 22.3. The topological polar surface area (TPSA) is 65.1 Å². The number of amides is 1. The Morgan fingerprint density at radius 1 is 1.30 bits per heavy atom. The molecule has 0 aromatic carbocycles. The van der Waals surface area contributed by atoms with Gasteiger partial charge in [0, 0.05) is 37.8 Å². The second kappa shape index (κ2) is 5.76. The van der Waals surface area contributed by atoms with E-state index in [-0.39, 0.29) is 11.8 Å². The number of nitrogens with zero attached hydrogens (tertiary/aromatic N) is 4. The molecule has 1 unspecified atom stereocenters. The van der Waals surface area contributed by atoms with Gasteiger partial charge in [-0.1, -0.05) is 11.6 Å². The summed E-state index contributed by atoms with van der Waals surface area (Å²) in [5.41, 5.74) is 3.07. The van der Waals surface area contributed by atoms with Gasteiger partial charge in [0.2, 0.25) is 5.91 Å². The van der Waals surface area contributed by atoms with Crippen LogP contribution in [0.1, 0.15) is 17.7 Å². The summed E-state index contributed by atoms with van der Waals surface area (Å²) < 4.78 is 0. The van der Waals surface area contributed by atoms with Crippen LogP contribution >= 0.6 is 11.6 Å². The highest BCUT2D eigenvalue weighted by Crippen LogP contribution is 2.34. The van der Waals surface area contributed by atoms with E-state index in [1.165, 1.54) is 6.33 Å². The van der Waals surface area contributed by atoms with E-state index in [0.717, 1.165) is 67.7 Å². The van der Waals surface area contributed by atoms with Gasteiger partial charge in [-0.2, -0.15) is 0 Å². The van der Waals surface area contributed by atoms with Gasteiger partial charge in [0.15, 0.2) is 0 Å². The molecule has 1 aliphatic heterocycles. The van der Waals surface area contributed by atoms with E-state index in [0.29, 0.717) is 5.15 Å². The summed E-state index contributed by atoms with van der Waals surface area (Å²) in [5, 5.41) is 1.36. The summed E-state index contributed by atoms with van der Waals surface area (Å²) in [6.07, 6.45) is 3.95. The molecule has 2 aromatic heterocycles. The first-order valence-electron chi connectivity index (χ1n) is 8.10. The maximum atomic E-state index is 12.8. The van der Waals surface area contributed by atoms with E-state index in [4.69, 9.17) is 11.6 Å². The van der Waals surface area contributed by atoms with Crippen molar-refractivity contribution in [3.63, 3.8) is 0 Å². The quantitative estimate of drug-likeness (QED) is 0.803. The minimum absolute atomic E-state index is 0.0428. The molecule has 2 aliphatic rings. The number of H-pyrrole nitrogens is 1. The van der Waals surface area contributed by atoms with Crippen molar-refractivity contribution in [3.05, 3.63) is 22.7 Å². The van der Waals surface area contributed by atoms with E-state index in [2.05, 4.69) is 26.9 Å². The van der Waals surface area contributed by atoms with Gasteiger partial charge < -0.3 is 14.8 Å². The Morgan fingerprint density at radius 3 is 2.87 bits per heavy atom. The molecule has 0 spiro atoms. The molecule has 7 heteroatoms. The smallest absolute Gasteiger partial charge is 0.226 e. The Hall–Kier alpha value is -1.66. The van der Waals surface area contributed by atoms with Gasteiger partial charge >= 0.3 is 0 Å². The number of fused-ring (bicyclic) bond motifs is 3. The van der Waals surface area contributed by atoms with Crippen molar-refractivity contribution in [2.24, 2.45) is 5.92 Å². The van der Waals surface area contributed by atoms with Gasteiger partial charge in [0.1, 0.15) is 17.1 Å². The summed E-state index contributed by atoms with van der Waals surface area (Å²) in [4.78, 5) is 28.8. The lowest BCUT2D eigenvalue weighted by Crippen LogP contribution is -2.49. The number of piperazine rings is 1. The monoisotopic (exact) mass is 333 g/mol. The van der Waals surface area contributed by atoms with Gasteiger partial charge in [-0.25, -0.2) is 9.97 Å². The molecule has 1 saturated heterocycles. The number of aromatic nitrogens is 3. The Labute approximate surface area is 139 Å². The largest absolute Gasteiger partial charge is 0.343 e. The van der Waals surface area contributed by atoms with Crippen LogP contribution in [-0.2, 0) is 17.6 Å². The number of aromatic amines is 1. The second-order valence-electron chi connectivity index (χ2n) is 6.54. The van der Waals surface area contributed by atoms with Crippen LogP contribution in [0.2, 0.25) is 5.15 Å². The van der Waals surface area contributed by atoms with Gasteiger partial charge in [0.25, 0.3) is 0 Å². The Balaban J connectivity index is 1.58. The predicted octanol–water partition coefficient (Wildman–Crippen LogP) is 1.49. The first kappa shape index (κ1) is 14.9. The van der Waals surface area contributed by atoms with Crippen molar-refractivity contribution < 1.29 is 4.79 Å². The fourth-order valence-corrected chi connectivity index (χ4v) is 3.94. The number of hydrogen-bond donors (Lipinski definition) is 1. The Kier molecular flexibility index (Phi) is 3.73. The minimum atomic E-state index is 0.0428. The third kappa shape index (κ3) is 2.60. The van der Waals surface area contributed by atoms with E-state index in [1.54, 1.807) is 0 Å². The van der Waals surface area contributed by atoms with Crippen LogP contribution in [0.3, 0.4) is 0 Å². The van der Waals surface area contributed by atoms with Gasteiger partial charge in [-0.3, -0.25) is 4.79 Å². The van der Waals surface area contributed by atoms with Crippen molar-refractivity contribution in [3.8, 4) is 0 Å². The molecular formula is C16H20ClN5O. The van der Waals surface area contributed by atoms with Crippen molar-refractivity contribution in [1.82, 2.24) is 24.8 Å². The number of hydrogen-bond acceptors (Lipinski definition) is 4. The highest BCUT2D eigenvalue weighted by Gasteiger charge is 2.32. The van der Waals surface area contributed by atoms with Crippen LogP contribution in [0.15, 0.2) is 6.33 Å². The first-order chi connectivity index (χ1) is 11.1. The molecule has 4 rings (SSSR count). The summed E-state index contributed by atoms with van der Waals surface area (Å²) >= 11 is 6.26. The van der Waals surface area contributed by atoms with Crippen molar-refractivity contribution >= 4 is 28.5 Å². The van der Waals surface area contributed by atoms with Crippen LogP contribution in [0.4, 0.5) is 0 Å². The summed E-state index contributed by atoms with van der Waals surface area (Å²) in [7, 11) is 2.10. The SMILES string of the molecule is CN1CCN(C(=O)C2CCc3[nH]c4ncnc(Cl)c4c3C2)CC1. The average Bonchev–Trinajstić information content (AvgIpc) is 2.93. The van der Waals surface area contributed by atoms with Crippen molar-refractivity contribution in [2.75, 3.05) is 33.2 Å². The maximum Gasteiger partial charge on any atom is 0.226 e. The van der Waals surface area contributed by atoms with Crippen LogP contribution in [-0.4, -0.2) is 63.9 Å². The number of nitrogens with one attached hydrogen (secondary N) is 1. The first-order valence-corrected chi connectivity index (χ1v) is 8.48. The Bertz CT molecular complexity index is 750. The second-order valence-corrected chi connectivity index (χ2v) is 6.90. The zero-order valence-corrected chi connectivity index (χ0v) is 13.9. The molecular weight excluding hydrogens is 314 g/mol. The lowest BCUT2D eigenvalue weighted by Gasteiger charge is -2.35. The predicted molar refractivity (Wildman–Crippen MR) is 88.5 cm³/mol. The van der Waals surface area contributed by atoms with E-state index < -0.39 is 0 Å². The Morgan fingerprint density at radius 2 is 2.09 bits per heavy atom. The molecule has 6 nitrogen and oxygen atoms in total. The van der Waals surface area contributed by atoms with E-state index in [9.17, 15) is 4.79 Å². The van der Waals surface area contributed by atoms with E-state index >= 15 is 0 Å². The van der Waals surface area contributed by atoms with Gasteiger partial charge in [-0.15, -0.1) is 0 Å². The van der Waals surface area contributed by atoms with Crippen molar-refractivity contribution in [1.29, 1.82) is 0 Å². The number of carbonyl (C=O) groups is 1. The number of aryl methyl sites for hydroxylation is 1. The lowest BCUT2D eigenvalue weighted by molar-refractivity contribution is -0.137. The molecule has 2 aromatic rings. The van der Waals surface area contributed by atoms with E-state index in [1.807, 2.05) is 4.90 Å². The highest BCUT2D eigenvalue weighted by molar-refractivity contribution is 6.34. The molecule has 1 N–H and O–H groups in total. The summed E-state index contributed by atoms with van der Waals surface area (Å²) in [5.74, 6) is 0.326. The molecule has 122 valence electrons. The molecule has 1 aliphatic carbocycles. The highest BCUT2D eigenvalue weighted by atomic mass is 35.5. The summed E-state index contributed by atoms with van der Waals surface area (Å²) in [6, 6.07) is 0. The third-order valence-electron chi connectivity index (χ3n) is 5.09. The van der Waals surface area contributed by atoms with Crippen LogP contribution in [0.25, 0.3) is 11.0 Å². The zero-order valence-electron chi connectivity index (χ0n) is 13.2. The number of likely N-dealkylation sites (N-methyl/N-ethyl adjacent to an activating group) is 1. The molecule has 0 saturated carbocycles. The molecule has 0 bridgehead atoms. The molecule has 3 heterocycles. The number of carbonyl (C=O) groups excluding carboxylic acids is 1. The fraction of sp³-hybridized carbons (Fsp3) is 0.562. The van der Waals surface area contributed by atoms with Gasteiger partial charge in [0.05, 0.1) is 5.39 Å². The van der Waals surface area contributed by atoms with Crippen molar-refractivity contribution in [2.45, 2.75) is 19.3 Å². The number of halogens is 1. The molecule has 0 radical (unpaired) electrons. The maximum absolute atomic E-state index is 12.8.